The molecule has 0 radical (unpaired) electrons. The predicted octanol–water partition coefficient (Wildman–Crippen LogP) is 4.14. The summed E-state index contributed by atoms with van der Waals surface area (Å²) in [4.78, 5) is 8.71. The van der Waals surface area contributed by atoms with Crippen LogP contribution in [-0.4, -0.2) is 60.0 Å². The summed E-state index contributed by atoms with van der Waals surface area (Å²) < 4.78 is 43.9. The number of pyridine rings is 1. The first-order valence-corrected chi connectivity index (χ1v) is 10.8. The van der Waals surface area contributed by atoms with Gasteiger partial charge in [-0.15, -0.1) is 0 Å². The number of alkyl halides is 3. The Kier molecular flexibility index (Phi) is 6.39. The van der Waals surface area contributed by atoms with Crippen molar-refractivity contribution in [3.63, 3.8) is 0 Å². The Hall–Kier alpha value is -2.32. The molecule has 3 aliphatic rings. The maximum atomic E-state index is 12.7. The Labute approximate surface area is 180 Å². The fourth-order valence-electron chi connectivity index (χ4n) is 4.35. The van der Waals surface area contributed by atoms with E-state index in [9.17, 15) is 18.3 Å². The van der Waals surface area contributed by atoms with Gasteiger partial charge in [-0.1, -0.05) is 18.2 Å². The van der Waals surface area contributed by atoms with Crippen molar-refractivity contribution in [2.24, 2.45) is 0 Å². The third-order valence-corrected chi connectivity index (χ3v) is 6.26. The van der Waals surface area contributed by atoms with Gasteiger partial charge in [0.2, 0.25) is 0 Å². The van der Waals surface area contributed by atoms with Gasteiger partial charge in [0.15, 0.2) is 6.10 Å². The number of allylic oxidation sites excluding steroid dienone is 2. The molecule has 0 saturated carbocycles. The standard InChI is InChI=1S/C23H28F3N3O2/c1-16(18-5-2-4-17-8-13-31-20(17)14-18)28-9-3-10-29(12-11-28)21-7-6-19(15-27-21)22(30)23(24,25)26/h2,5-7,14-16,22,30H,3-4,8-13H2,1H3. The SMILES string of the molecule is CC(C1=CC2=C(CC=C1)CCO2)N1CCCN(c2ccc(C(O)C(F)(F)F)cn2)CC1. The topological polar surface area (TPSA) is 48.8 Å². The van der Waals surface area contributed by atoms with Crippen molar-refractivity contribution >= 4 is 5.82 Å². The van der Waals surface area contributed by atoms with E-state index < -0.39 is 12.3 Å². The van der Waals surface area contributed by atoms with Crippen molar-refractivity contribution in [2.45, 2.75) is 44.5 Å². The molecule has 1 N–H and O–H groups in total. The molecule has 2 unspecified atom stereocenters. The molecular weight excluding hydrogens is 407 g/mol. The van der Waals surface area contributed by atoms with E-state index >= 15 is 0 Å². The Morgan fingerprint density at radius 1 is 1.16 bits per heavy atom. The molecule has 3 heterocycles. The van der Waals surface area contributed by atoms with Gasteiger partial charge in [0.1, 0.15) is 11.6 Å². The molecule has 1 aromatic heterocycles. The normalized spacial score (nSPS) is 22.4. The number of anilines is 1. The summed E-state index contributed by atoms with van der Waals surface area (Å²) in [6.07, 6.45) is 3.38. The molecule has 1 saturated heterocycles. The third-order valence-electron chi connectivity index (χ3n) is 6.26. The lowest BCUT2D eigenvalue weighted by molar-refractivity contribution is -0.206. The lowest BCUT2D eigenvalue weighted by Gasteiger charge is -2.29. The van der Waals surface area contributed by atoms with Crippen molar-refractivity contribution in [1.82, 2.24) is 9.88 Å². The molecule has 0 aromatic carbocycles. The van der Waals surface area contributed by atoms with Gasteiger partial charge in [0, 0.05) is 50.4 Å². The van der Waals surface area contributed by atoms with Crippen LogP contribution in [0.4, 0.5) is 19.0 Å². The highest BCUT2D eigenvalue weighted by Crippen LogP contribution is 2.33. The van der Waals surface area contributed by atoms with E-state index in [-0.39, 0.29) is 11.6 Å². The van der Waals surface area contributed by atoms with Gasteiger partial charge in [0.25, 0.3) is 0 Å². The van der Waals surface area contributed by atoms with Gasteiger partial charge >= 0.3 is 6.18 Å². The van der Waals surface area contributed by atoms with Crippen LogP contribution >= 0.6 is 0 Å². The molecule has 1 fully saturated rings. The van der Waals surface area contributed by atoms with E-state index in [0.29, 0.717) is 5.82 Å². The smallest absolute Gasteiger partial charge is 0.418 e. The number of halogens is 3. The molecule has 5 nitrogen and oxygen atoms in total. The summed E-state index contributed by atoms with van der Waals surface area (Å²) in [5.74, 6) is 1.66. The summed E-state index contributed by atoms with van der Waals surface area (Å²) in [7, 11) is 0. The van der Waals surface area contributed by atoms with Gasteiger partial charge in [-0.25, -0.2) is 4.98 Å². The van der Waals surface area contributed by atoms with Crippen LogP contribution in [0.3, 0.4) is 0 Å². The van der Waals surface area contributed by atoms with E-state index in [4.69, 9.17) is 4.74 Å². The first-order chi connectivity index (χ1) is 14.8. The summed E-state index contributed by atoms with van der Waals surface area (Å²) >= 11 is 0. The largest absolute Gasteiger partial charge is 0.493 e. The Morgan fingerprint density at radius 2 is 2.00 bits per heavy atom. The zero-order valence-electron chi connectivity index (χ0n) is 17.6. The zero-order valence-corrected chi connectivity index (χ0v) is 17.6. The lowest BCUT2D eigenvalue weighted by atomic mass is 10.1. The van der Waals surface area contributed by atoms with Crippen molar-refractivity contribution in [3.05, 3.63) is 59.0 Å². The quantitative estimate of drug-likeness (QED) is 0.771. The van der Waals surface area contributed by atoms with Crippen molar-refractivity contribution in [2.75, 3.05) is 37.7 Å². The van der Waals surface area contributed by atoms with Crippen LogP contribution in [0.1, 0.15) is 37.9 Å². The average molecular weight is 435 g/mol. The highest BCUT2D eigenvalue weighted by molar-refractivity contribution is 5.41. The van der Waals surface area contributed by atoms with Crippen LogP contribution in [0.25, 0.3) is 0 Å². The lowest BCUT2D eigenvalue weighted by Crippen LogP contribution is -2.37. The maximum Gasteiger partial charge on any atom is 0.418 e. The molecular formula is C23H28F3N3O2. The molecule has 31 heavy (non-hydrogen) atoms. The molecule has 2 atom stereocenters. The number of aromatic nitrogens is 1. The molecule has 0 amide bonds. The van der Waals surface area contributed by atoms with Gasteiger partial charge < -0.3 is 14.7 Å². The van der Waals surface area contributed by atoms with Crippen molar-refractivity contribution in [1.29, 1.82) is 0 Å². The number of ether oxygens (including phenoxy) is 1. The molecule has 4 rings (SSSR count). The third kappa shape index (κ3) is 4.96. The second-order valence-corrected chi connectivity index (χ2v) is 8.26. The zero-order chi connectivity index (χ0) is 22.0. The van der Waals surface area contributed by atoms with Gasteiger partial charge in [0.05, 0.1) is 6.61 Å². The van der Waals surface area contributed by atoms with E-state index in [0.717, 1.165) is 64.0 Å². The second kappa shape index (κ2) is 9.04. The first kappa shape index (κ1) is 21.9. The fourth-order valence-corrected chi connectivity index (χ4v) is 4.35. The Bertz CT molecular complexity index is 877. The predicted molar refractivity (Wildman–Crippen MR) is 113 cm³/mol. The van der Waals surface area contributed by atoms with Crippen LogP contribution in [0.15, 0.2) is 53.5 Å². The monoisotopic (exact) mass is 435 g/mol. The van der Waals surface area contributed by atoms with Gasteiger partial charge in [-0.2, -0.15) is 13.2 Å². The van der Waals surface area contributed by atoms with Crippen molar-refractivity contribution in [3.8, 4) is 0 Å². The minimum atomic E-state index is -4.69. The van der Waals surface area contributed by atoms with Gasteiger partial charge in [-0.05, 0) is 43.1 Å². The van der Waals surface area contributed by atoms with Crippen LogP contribution in [-0.2, 0) is 4.74 Å². The van der Waals surface area contributed by atoms with Crippen LogP contribution in [0, 0.1) is 0 Å². The van der Waals surface area contributed by atoms with Crippen LogP contribution in [0.5, 0.6) is 0 Å². The number of hydrogen-bond acceptors (Lipinski definition) is 5. The molecule has 168 valence electrons. The molecule has 8 heteroatoms. The van der Waals surface area contributed by atoms with Gasteiger partial charge in [-0.3, -0.25) is 4.90 Å². The molecule has 2 aliphatic heterocycles. The van der Waals surface area contributed by atoms with E-state index in [1.807, 2.05) is 0 Å². The summed E-state index contributed by atoms with van der Waals surface area (Å²) in [6, 6.07) is 3.11. The number of rotatable bonds is 4. The summed E-state index contributed by atoms with van der Waals surface area (Å²) in [5, 5.41) is 9.39. The Balaban J connectivity index is 1.40. The first-order valence-electron chi connectivity index (χ1n) is 10.8. The summed E-state index contributed by atoms with van der Waals surface area (Å²) in [6.45, 7) is 6.25. The summed E-state index contributed by atoms with van der Waals surface area (Å²) in [5.41, 5.74) is 2.37. The van der Waals surface area contributed by atoms with Crippen LogP contribution < -0.4 is 4.90 Å². The van der Waals surface area contributed by atoms with E-state index in [2.05, 4.69) is 39.9 Å². The maximum absolute atomic E-state index is 12.7. The number of hydrogen-bond donors (Lipinski definition) is 1. The number of aliphatic hydroxyl groups is 1. The van der Waals surface area contributed by atoms with Crippen molar-refractivity contribution < 1.29 is 23.0 Å². The molecule has 1 aliphatic carbocycles. The fraction of sp³-hybridized carbons (Fsp3) is 0.522. The highest BCUT2D eigenvalue weighted by Gasteiger charge is 2.39. The molecule has 0 bridgehead atoms. The number of nitrogens with zero attached hydrogens (tertiary/aromatic N) is 3. The Morgan fingerprint density at radius 3 is 2.74 bits per heavy atom. The minimum absolute atomic E-state index is 0.240. The molecule has 0 spiro atoms. The average Bonchev–Trinajstić information content (AvgIpc) is 2.94. The number of aliphatic hydroxyl groups excluding tert-OH is 1. The van der Waals surface area contributed by atoms with E-state index in [1.54, 1.807) is 6.07 Å². The minimum Gasteiger partial charge on any atom is -0.493 e. The second-order valence-electron chi connectivity index (χ2n) is 8.26. The highest BCUT2D eigenvalue weighted by atomic mass is 19.4. The van der Waals surface area contributed by atoms with E-state index in [1.165, 1.54) is 17.2 Å². The molecule has 1 aromatic rings. The van der Waals surface area contributed by atoms with Crippen LogP contribution in [0.2, 0.25) is 0 Å².